The quantitative estimate of drug-likeness (QED) is 0.851. The molecule has 0 fully saturated rings. The summed E-state index contributed by atoms with van der Waals surface area (Å²) in [7, 11) is 0. The zero-order valence-corrected chi connectivity index (χ0v) is 10.8. The van der Waals surface area contributed by atoms with Crippen LogP contribution < -0.4 is 11.1 Å². The molecule has 3 N–H and O–H groups in total. The van der Waals surface area contributed by atoms with Crippen LogP contribution in [0.4, 0.5) is 0 Å². The minimum Gasteiger partial charge on any atom is -0.323 e. The van der Waals surface area contributed by atoms with Gasteiger partial charge in [0.15, 0.2) is 0 Å². The predicted molar refractivity (Wildman–Crippen MR) is 74.1 cm³/mol. The first-order valence-corrected chi connectivity index (χ1v) is 6.69. The van der Waals surface area contributed by atoms with E-state index in [1.165, 1.54) is 16.0 Å². The molecular weight excluding hydrogens is 228 g/mol. The average Bonchev–Trinajstić information content (AvgIpc) is 2.76. The molecule has 1 heterocycles. The predicted octanol–water partition coefficient (Wildman–Crippen LogP) is 2.85. The first-order chi connectivity index (χ1) is 8.27. The fraction of sp³-hybridized carbons (Fsp3) is 0.286. The molecule has 1 aromatic heterocycles. The van der Waals surface area contributed by atoms with Crippen LogP contribution in [0.1, 0.15) is 22.0 Å². The van der Waals surface area contributed by atoms with Gasteiger partial charge in [-0.15, -0.1) is 11.3 Å². The molecule has 0 saturated heterocycles. The van der Waals surface area contributed by atoms with E-state index in [-0.39, 0.29) is 6.04 Å². The fourth-order valence-electron chi connectivity index (χ4n) is 1.74. The molecule has 0 aliphatic heterocycles. The number of benzene rings is 1. The third kappa shape index (κ3) is 3.40. The highest BCUT2D eigenvalue weighted by atomic mass is 32.1. The van der Waals surface area contributed by atoms with Crippen molar-refractivity contribution in [1.29, 1.82) is 0 Å². The molecule has 1 atom stereocenters. The van der Waals surface area contributed by atoms with Crippen molar-refractivity contribution in [2.24, 2.45) is 5.73 Å². The Labute approximate surface area is 106 Å². The van der Waals surface area contributed by atoms with E-state index in [2.05, 4.69) is 35.8 Å². The van der Waals surface area contributed by atoms with Gasteiger partial charge in [0, 0.05) is 24.0 Å². The van der Waals surface area contributed by atoms with E-state index in [1.54, 1.807) is 11.3 Å². The summed E-state index contributed by atoms with van der Waals surface area (Å²) in [6.07, 6.45) is 0. The van der Waals surface area contributed by atoms with Crippen LogP contribution in [-0.2, 0) is 6.54 Å². The summed E-state index contributed by atoms with van der Waals surface area (Å²) in [6, 6.07) is 12.4. The van der Waals surface area contributed by atoms with Crippen LogP contribution in [0.15, 0.2) is 41.8 Å². The zero-order valence-electron chi connectivity index (χ0n) is 10.0. The van der Waals surface area contributed by atoms with E-state index in [0.29, 0.717) is 0 Å². The number of rotatable bonds is 5. The molecule has 3 heteroatoms. The molecule has 0 aliphatic rings. The average molecular weight is 246 g/mol. The number of hydrogen-bond donors (Lipinski definition) is 2. The summed E-state index contributed by atoms with van der Waals surface area (Å²) in [6.45, 7) is 3.86. The standard InChI is InChI=1S/C14H18N2S/c1-11-7-8-17-14(11)10-16-9-13(15)12-5-3-2-4-6-12/h2-8,13,16H,9-10,15H2,1H3/t13-/m1/s1. The highest BCUT2D eigenvalue weighted by Gasteiger charge is 2.05. The first kappa shape index (κ1) is 12.3. The molecule has 0 saturated carbocycles. The number of hydrogen-bond acceptors (Lipinski definition) is 3. The second-order valence-electron chi connectivity index (χ2n) is 4.17. The number of nitrogens with one attached hydrogen (secondary N) is 1. The molecular formula is C14H18N2S. The molecule has 0 amide bonds. The van der Waals surface area contributed by atoms with Crippen molar-refractivity contribution >= 4 is 11.3 Å². The molecule has 0 unspecified atom stereocenters. The van der Waals surface area contributed by atoms with Crippen molar-refractivity contribution in [2.45, 2.75) is 19.5 Å². The van der Waals surface area contributed by atoms with Crippen LogP contribution in [-0.4, -0.2) is 6.54 Å². The van der Waals surface area contributed by atoms with Gasteiger partial charge in [-0.2, -0.15) is 0 Å². The van der Waals surface area contributed by atoms with Gasteiger partial charge in [0.1, 0.15) is 0 Å². The lowest BCUT2D eigenvalue weighted by Crippen LogP contribution is -2.26. The maximum atomic E-state index is 6.11. The molecule has 17 heavy (non-hydrogen) atoms. The molecule has 0 aliphatic carbocycles. The van der Waals surface area contributed by atoms with Crippen LogP contribution in [0.2, 0.25) is 0 Å². The SMILES string of the molecule is Cc1ccsc1CNC[C@@H](N)c1ccccc1. The van der Waals surface area contributed by atoms with Gasteiger partial charge in [0.2, 0.25) is 0 Å². The fourth-order valence-corrected chi connectivity index (χ4v) is 2.62. The van der Waals surface area contributed by atoms with E-state index < -0.39 is 0 Å². The van der Waals surface area contributed by atoms with Gasteiger partial charge in [-0.25, -0.2) is 0 Å². The van der Waals surface area contributed by atoms with Gasteiger partial charge in [0.25, 0.3) is 0 Å². The maximum absolute atomic E-state index is 6.11. The Kier molecular flexibility index (Phi) is 4.31. The van der Waals surface area contributed by atoms with E-state index in [0.717, 1.165) is 13.1 Å². The smallest absolute Gasteiger partial charge is 0.0421 e. The number of thiophene rings is 1. The Hall–Kier alpha value is -1.16. The molecule has 2 nitrogen and oxygen atoms in total. The van der Waals surface area contributed by atoms with Crippen molar-refractivity contribution in [2.75, 3.05) is 6.54 Å². The minimum absolute atomic E-state index is 0.0662. The Morgan fingerprint density at radius 1 is 1.24 bits per heavy atom. The maximum Gasteiger partial charge on any atom is 0.0421 e. The van der Waals surface area contributed by atoms with Gasteiger partial charge >= 0.3 is 0 Å². The topological polar surface area (TPSA) is 38.0 Å². The van der Waals surface area contributed by atoms with Crippen LogP contribution in [0.3, 0.4) is 0 Å². The van der Waals surface area contributed by atoms with Gasteiger partial charge in [-0.1, -0.05) is 30.3 Å². The summed E-state index contributed by atoms with van der Waals surface area (Å²) >= 11 is 1.79. The Balaban J connectivity index is 1.81. The van der Waals surface area contributed by atoms with Crippen molar-refractivity contribution in [3.63, 3.8) is 0 Å². The second kappa shape index (κ2) is 5.96. The first-order valence-electron chi connectivity index (χ1n) is 5.81. The molecule has 2 rings (SSSR count). The van der Waals surface area contributed by atoms with Crippen molar-refractivity contribution in [3.8, 4) is 0 Å². The van der Waals surface area contributed by atoms with Crippen LogP contribution in [0, 0.1) is 6.92 Å². The summed E-state index contributed by atoms with van der Waals surface area (Å²) in [5.41, 5.74) is 8.65. The lowest BCUT2D eigenvalue weighted by atomic mass is 10.1. The number of nitrogens with two attached hydrogens (primary N) is 1. The van der Waals surface area contributed by atoms with E-state index in [1.807, 2.05) is 18.2 Å². The normalized spacial score (nSPS) is 12.6. The van der Waals surface area contributed by atoms with Crippen molar-refractivity contribution < 1.29 is 0 Å². The second-order valence-corrected chi connectivity index (χ2v) is 5.18. The monoisotopic (exact) mass is 246 g/mol. The van der Waals surface area contributed by atoms with E-state index in [9.17, 15) is 0 Å². The van der Waals surface area contributed by atoms with E-state index in [4.69, 9.17) is 5.73 Å². The van der Waals surface area contributed by atoms with Crippen molar-refractivity contribution in [3.05, 3.63) is 57.8 Å². The highest BCUT2D eigenvalue weighted by molar-refractivity contribution is 7.10. The van der Waals surface area contributed by atoms with Crippen molar-refractivity contribution in [1.82, 2.24) is 5.32 Å². The largest absolute Gasteiger partial charge is 0.323 e. The zero-order chi connectivity index (χ0) is 12.1. The Morgan fingerprint density at radius 3 is 2.65 bits per heavy atom. The molecule has 1 aromatic carbocycles. The molecule has 0 bridgehead atoms. The molecule has 0 spiro atoms. The third-order valence-electron chi connectivity index (χ3n) is 2.85. The lowest BCUT2D eigenvalue weighted by Gasteiger charge is -2.12. The van der Waals surface area contributed by atoms with Crippen LogP contribution in [0.5, 0.6) is 0 Å². The summed E-state index contributed by atoms with van der Waals surface area (Å²) in [5.74, 6) is 0. The highest BCUT2D eigenvalue weighted by Crippen LogP contribution is 2.15. The van der Waals surface area contributed by atoms with E-state index >= 15 is 0 Å². The van der Waals surface area contributed by atoms with Gasteiger partial charge in [0.05, 0.1) is 0 Å². The van der Waals surface area contributed by atoms with Crippen LogP contribution in [0.25, 0.3) is 0 Å². The number of aryl methyl sites for hydroxylation is 1. The molecule has 90 valence electrons. The Bertz CT molecular complexity index is 450. The molecule has 2 aromatic rings. The molecule has 0 radical (unpaired) electrons. The third-order valence-corrected chi connectivity index (χ3v) is 3.87. The van der Waals surface area contributed by atoms with Gasteiger partial charge < -0.3 is 11.1 Å². The lowest BCUT2D eigenvalue weighted by molar-refractivity contribution is 0.600. The summed E-state index contributed by atoms with van der Waals surface area (Å²) < 4.78 is 0. The van der Waals surface area contributed by atoms with Gasteiger partial charge in [-0.3, -0.25) is 0 Å². The Morgan fingerprint density at radius 2 is 2.00 bits per heavy atom. The summed E-state index contributed by atoms with van der Waals surface area (Å²) in [4.78, 5) is 1.39. The van der Waals surface area contributed by atoms with Gasteiger partial charge in [-0.05, 0) is 29.5 Å². The minimum atomic E-state index is 0.0662. The van der Waals surface area contributed by atoms with Crippen LogP contribution >= 0.6 is 11.3 Å². The summed E-state index contributed by atoms with van der Waals surface area (Å²) in [5, 5.41) is 5.54.